The molecule has 132 valence electrons. The van der Waals surface area contributed by atoms with Gasteiger partial charge < -0.3 is 9.84 Å². The van der Waals surface area contributed by atoms with Crippen LogP contribution in [0.15, 0.2) is 0 Å². The summed E-state index contributed by atoms with van der Waals surface area (Å²) < 4.78 is 5.19. The summed E-state index contributed by atoms with van der Waals surface area (Å²) in [6.07, 6.45) is 6.53. The first-order valence-electron chi connectivity index (χ1n) is 9.29. The van der Waals surface area contributed by atoms with E-state index in [4.69, 9.17) is 4.74 Å². The van der Waals surface area contributed by atoms with Crippen molar-refractivity contribution < 1.29 is 19.4 Å². The third-order valence-corrected chi connectivity index (χ3v) is 6.11. The molecule has 2 fully saturated rings. The third-order valence-electron chi connectivity index (χ3n) is 6.11. The number of carbonyl (C=O) groups excluding carboxylic acids is 2. The first kappa shape index (κ1) is 18.4. The van der Waals surface area contributed by atoms with E-state index in [0.29, 0.717) is 18.3 Å². The van der Waals surface area contributed by atoms with Gasteiger partial charge in [-0.05, 0) is 30.6 Å². The van der Waals surface area contributed by atoms with Gasteiger partial charge in [-0.25, -0.2) is 0 Å². The van der Waals surface area contributed by atoms with Gasteiger partial charge in [-0.3, -0.25) is 9.59 Å². The molecule has 0 bridgehead atoms. The van der Waals surface area contributed by atoms with Crippen LogP contribution in [-0.2, 0) is 14.3 Å². The quantitative estimate of drug-likeness (QED) is 0.550. The molecule has 0 radical (unpaired) electrons. The average Bonchev–Trinajstić information content (AvgIpc) is 3.00. The maximum Gasteiger partial charge on any atom is 0.302 e. The highest BCUT2D eigenvalue weighted by atomic mass is 16.5. The van der Waals surface area contributed by atoms with Crippen LogP contribution in [0.3, 0.4) is 0 Å². The van der Waals surface area contributed by atoms with Crippen LogP contribution in [0.4, 0.5) is 0 Å². The van der Waals surface area contributed by atoms with Crippen LogP contribution in [0.25, 0.3) is 0 Å². The molecule has 0 aliphatic heterocycles. The van der Waals surface area contributed by atoms with Gasteiger partial charge in [0.1, 0.15) is 5.78 Å². The first-order chi connectivity index (χ1) is 11.0. The monoisotopic (exact) mass is 324 g/mol. The highest BCUT2D eigenvalue weighted by Crippen LogP contribution is 2.54. The minimum absolute atomic E-state index is 0.0160. The number of esters is 1. The predicted molar refractivity (Wildman–Crippen MR) is 88.7 cm³/mol. The fraction of sp³-hybridized carbons (Fsp3) is 0.895. The highest BCUT2D eigenvalue weighted by Gasteiger charge is 2.57. The number of hydrogen-bond acceptors (Lipinski definition) is 4. The second kappa shape index (κ2) is 8.27. The minimum Gasteiger partial charge on any atom is -0.466 e. The summed E-state index contributed by atoms with van der Waals surface area (Å²) in [4.78, 5) is 24.1. The number of carbonyl (C=O) groups is 2. The van der Waals surface area contributed by atoms with Crippen LogP contribution < -0.4 is 0 Å². The number of ketones is 1. The molecule has 4 heteroatoms. The van der Waals surface area contributed by atoms with Gasteiger partial charge in [-0.2, -0.15) is 0 Å². The normalized spacial score (nSPS) is 36.3. The molecule has 2 aliphatic rings. The van der Waals surface area contributed by atoms with Gasteiger partial charge in [0, 0.05) is 31.3 Å². The number of aliphatic hydroxyl groups excluding tert-OH is 1. The number of unbranched alkanes of at least 4 members (excludes halogenated alkanes) is 3. The molecule has 0 saturated heterocycles. The summed E-state index contributed by atoms with van der Waals surface area (Å²) in [6.45, 7) is 6.25. The number of hydrogen-bond donors (Lipinski definition) is 1. The zero-order valence-electron chi connectivity index (χ0n) is 14.8. The van der Waals surface area contributed by atoms with Crippen molar-refractivity contribution in [3.8, 4) is 0 Å². The molecule has 23 heavy (non-hydrogen) atoms. The number of rotatable bonds is 8. The molecule has 6 atom stereocenters. The zero-order chi connectivity index (χ0) is 17.0. The highest BCUT2D eigenvalue weighted by molar-refractivity contribution is 5.87. The average molecular weight is 324 g/mol. The van der Waals surface area contributed by atoms with E-state index in [1.54, 1.807) is 0 Å². The molecule has 2 rings (SSSR count). The molecule has 0 heterocycles. The van der Waals surface area contributed by atoms with Crippen molar-refractivity contribution in [1.29, 1.82) is 0 Å². The molecule has 0 amide bonds. The third kappa shape index (κ3) is 3.96. The topological polar surface area (TPSA) is 63.6 Å². The molecule has 2 saturated carbocycles. The van der Waals surface area contributed by atoms with E-state index in [2.05, 4.69) is 13.8 Å². The molecular weight excluding hydrogens is 292 g/mol. The van der Waals surface area contributed by atoms with Gasteiger partial charge in [0.2, 0.25) is 0 Å². The van der Waals surface area contributed by atoms with Crippen LogP contribution in [0.5, 0.6) is 0 Å². The van der Waals surface area contributed by atoms with Crippen LogP contribution >= 0.6 is 0 Å². The van der Waals surface area contributed by atoms with Crippen LogP contribution in [-0.4, -0.2) is 30.1 Å². The molecule has 2 aliphatic carbocycles. The summed E-state index contributed by atoms with van der Waals surface area (Å²) in [7, 11) is 0. The van der Waals surface area contributed by atoms with Crippen molar-refractivity contribution in [3.63, 3.8) is 0 Å². The number of Topliss-reactive ketones (excluding diaryl/α,β-unsaturated/α-hetero) is 1. The molecule has 0 spiro atoms. The molecule has 0 aromatic heterocycles. The molecule has 0 aromatic carbocycles. The Balaban J connectivity index is 2.03. The second-order valence-corrected chi connectivity index (χ2v) is 7.56. The molecule has 0 aromatic rings. The Hall–Kier alpha value is -0.900. The predicted octanol–water partition coefficient (Wildman–Crippen LogP) is 3.22. The smallest absolute Gasteiger partial charge is 0.302 e. The van der Waals surface area contributed by atoms with E-state index < -0.39 is 0 Å². The number of ether oxygens (including phenoxy) is 1. The van der Waals surface area contributed by atoms with E-state index in [0.717, 1.165) is 19.3 Å². The standard InChI is InChI=1S/C19H32O4/c1-4-5-6-7-8-16-12(2)17-14(10-20)9-15(11-23-13(3)21)18(17)19(16)22/h12,14-18,20H,4-11H2,1-3H3/t12-,14-,15+,16-,17-,18+/m0/s1. The Morgan fingerprint density at radius 3 is 2.61 bits per heavy atom. The Morgan fingerprint density at radius 1 is 1.26 bits per heavy atom. The Labute approximate surface area is 140 Å². The van der Waals surface area contributed by atoms with Crippen molar-refractivity contribution in [3.05, 3.63) is 0 Å². The van der Waals surface area contributed by atoms with E-state index >= 15 is 0 Å². The fourth-order valence-electron chi connectivity index (χ4n) is 5.04. The summed E-state index contributed by atoms with van der Waals surface area (Å²) in [5.41, 5.74) is 0. The number of fused-ring (bicyclic) bond motifs is 1. The van der Waals surface area contributed by atoms with Gasteiger partial charge in [-0.1, -0.05) is 39.5 Å². The van der Waals surface area contributed by atoms with E-state index in [-0.39, 0.29) is 42.2 Å². The first-order valence-corrected chi connectivity index (χ1v) is 9.29. The van der Waals surface area contributed by atoms with Gasteiger partial charge in [-0.15, -0.1) is 0 Å². The van der Waals surface area contributed by atoms with Crippen LogP contribution in [0.1, 0.15) is 59.3 Å². The van der Waals surface area contributed by atoms with E-state index in [1.165, 1.54) is 26.2 Å². The SMILES string of the molecule is CCCCCC[C@@H]1C(=O)[C@@H]2[C@@H](COC(C)=O)C[C@@H](CO)[C@@H]2[C@H]1C. The Bertz CT molecular complexity index is 420. The van der Waals surface area contributed by atoms with Crippen LogP contribution in [0.2, 0.25) is 0 Å². The lowest BCUT2D eigenvalue weighted by molar-refractivity contribution is -0.143. The van der Waals surface area contributed by atoms with Crippen molar-refractivity contribution in [2.45, 2.75) is 59.3 Å². The molecule has 4 nitrogen and oxygen atoms in total. The van der Waals surface area contributed by atoms with Gasteiger partial charge in [0.05, 0.1) is 6.61 Å². The van der Waals surface area contributed by atoms with Gasteiger partial charge in [0.25, 0.3) is 0 Å². The zero-order valence-corrected chi connectivity index (χ0v) is 14.8. The van der Waals surface area contributed by atoms with Crippen molar-refractivity contribution in [2.75, 3.05) is 13.2 Å². The van der Waals surface area contributed by atoms with E-state index in [9.17, 15) is 14.7 Å². The molecule has 1 N–H and O–H groups in total. The van der Waals surface area contributed by atoms with Crippen molar-refractivity contribution >= 4 is 11.8 Å². The molecule has 0 unspecified atom stereocenters. The van der Waals surface area contributed by atoms with Gasteiger partial charge in [0.15, 0.2) is 0 Å². The van der Waals surface area contributed by atoms with Gasteiger partial charge >= 0.3 is 5.97 Å². The largest absolute Gasteiger partial charge is 0.466 e. The van der Waals surface area contributed by atoms with Crippen molar-refractivity contribution in [2.24, 2.45) is 35.5 Å². The lowest BCUT2D eigenvalue weighted by atomic mass is 9.82. The summed E-state index contributed by atoms with van der Waals surface area (Å²) in [5, 5.41) is 9.73. The number of aliphatic hydroxyl groups is 1. The second-order valence-electron chi connectivity index (χ2n) is 7.56. The Morgan fingerprint density at radius 2 is 2.00 bits per heavy atom. The Kier molecular flexibility index (Phi) is 6.63. The van der Waals surface area contributed by atoms with E-state index in [1.807, 2.05) is 0 Å². The minimum atomic E-state index is -0.288. The summed E-state index contributed by atoms with van der Waals surface area (Å²) in [5.74, 6) is 1.08. The lowest BCUT2D eigenvalue weighted by Crippen LogP contribution is -2.25. The fourth-order valence-corrected chi connectivity index (χ4v) is 5.04. The maximum atomic E-state index is 13.0. The van der Waals surface area contributed by atoms with Crippen LogP contribution in [0, 0.1) is 35.5 Å². The lowest BCUT2D eigenvalue weighted by Gasteiger charge is -2.23. The summed E-state index contributed by atoms with van der Waals surface area (Å²) in [6, 6.07) is 0. The summed E-state index contributed by atoms with van der Waals surface area (Å²) >= 11 is 0. The van der Waals surface area contributed by atoms with Crippen molar-refractivity contribution in [1.82, 2.24) is 0 Å². The maximum absolute atomic E-state index is 13.0. The molecular formula is C19H32O4.